The van der Waals surface area contributed by atoms with Crippen LogP contribution in [0.2, 0.25) is 0 Å². The van der Waals surface area contributed by atoms with Crippen molar-refractivity contribution in [1.29, 1.82) is 0 Å². The molecule has 0 aromatic heterocycles. The summed E-state index contributed by atoms with van der Waals surface area (Å²) in [6.45, 7) is 49.6. The maximum absolute atomic E-state index is 2.51. The van der Waals surface area contributed by atoms with Gasteiger partial charge in [-0.1, -0.05) is 88.4 Å². The fourth-order valence-electron chi connectivity index (χ4n) is 15.2. The topological polar surface area (TPSA) is 58.3 Å². The van der Waals surface area contributed by atoms with E-state index in [9.17, 15) is 0 Å². The van der Waals surface area contributed by atoms with Gasteiger partial charge in [-0.3, -0.25) is 4.90 Å². The summed E-state index contributed by atoms with van der Waals surface area (Å²) >= 11 is 0. The first-order valence-corrected chi connectivity index (χ1v) is 41.1. The maximum Gasteiger partial charge on any atom is 0.0472 e. The van der Waals surface area contributed by atoms with E-state index in [0.29, 0.717) is 12.1 Å². The van der Waals surface area contributed by atoms with Crippen molar-refractivity contribution in [2.24, 2.45) is 5.92 Å². The van der Waals surface area contributed by atoms with E-state index in [-0.39, 0.29) is 0 Å². The molecule has 0 radical (unpaired) electrons. The molecule has 2 aromatic carbocycles. The Hall–Kier alpha value is -2.28. The van der Waals surface area contributed by atoms with Crippen LogP contribution in [-0.2, 0) is 6.42 Å². The average molecular weight is 1430 g/mol. The largest absolute Gasteiger partial charge is 0.305 e. The lowest BCUT2D eigenvalue weighted by Crippen LogP contribution is -2.42. The Labute approximate surface area is 633 Å². The number of piperazine rings is 1. The van der Waals surface area contributed by atoms with Crippen LogP contribution in [0.5, 0.6) is 0 Å². The number of hydrogen-bond donors (Lipinski definition) is 0. The molecule has 0 aliphatic carbocycles. The Morgan fingerprint density at radius 1 is 0.284 bits per heavy atom. The number of nitrogens with zero attached hydrogens (tertiary/aromatic N) is 18. The smallest absolute Gasteiger partial charge is 0.0472 e. The molecule has 0 N–H and O–H groups in total. The van der Waals surface area contributed by atoms with Gasteiger partial charge in [-0.15, -0.1) is 0 Å². The molecule has 2 aromatic rings. The molecule has 0 bridgehead atoms. The van der Waals surface area contributed by atoms with E-state index in [1.807, 2.05) is 0 Å². The van der Waals surface area contributed by atoms with Crippen LogP contribution in [0.1, 0.15) is 123 Å². The molecule has 9 fully saturated rings. The summed E-state index contributed by atoms with van der Waals surface area (Å²) in [6.07, 6.45) is 14.2. The second-order valence-corrected chi connectivity index (χ2v) is 33.6. The van der Waals surface area contributed by atoms with Gasteiger partial charge < -0.3 is 83.3 Å². The van der Waals surface area contributed by atoms with Crippen molar-refractivity contribution in [1.82, 2.24) is 88.2 Å². The summed E-state index contributed by atoms with van der Waals surface area (Å²) < 4.78 is 0. The minimum atomic E-state index is 0.554. The highest BCUT2D eigenvalue weighted by molar-refractivity contribution is 5.20. The van der Waals surface area contributed by atoms with Crippen LogP contribution < -0.4 is 0 Å². The van der Waals surface area contributed by atoms with Gasteiger partial charge in [0.05, 0.1) is 0 Å². The summed E-state index contributed by atoms with van der Waals surface area (Å²) in [7, 11) is 39.9. The Bertz CT molecular complexity index is 2230. The number of likely N-dealkylation sites (N-methyl/N-ethyl adjacent to an activating group) is 18. The third-order valence-corrected chi connectivity index (χ3v) is 23.7. The van der Waals surface area contributed by atoms with Gasteiger partial charge in [-0.25, -0.2) is 0 Å². The van der Waals surface area contributed by atoms with E-state index in [1.54, 1.807) is 0 Å². The lowest BCUT2D eigenvalue weighted by atomic mass is 10.0. The third-order valence-electron chi connectivity index (χ3n) is 23.7. The van der Waals surface area contributed by atoms with E-state index in [2.05, 4.69) is 317 Å². The zero-order chi connectivity index (χ0) is 75.5. The Kier molecular flexibility index (Phi) is 50.0. The van der Waals surface area contributed by atoms with Crippen LogP contribution in [0.4, 0.5) is 0 Å². The van der Waals surface area contributed by atoms with Crippen molar-refractivity contribution in [3.8, 4) is 0 Å². The van der Waals surface area contributed by atoms with Gasteiger partial charge in [0.1, 0.15) is 0 Å². The first-order chi connectivity index (χ1) is 48.6. The summed E-state index contributed by atoms with van der Waals surface area (Å²) in [4.78, 5) is 43.9. The lowest BCUT2D eigenvalue weighted by Gasteiger charge is -2.30. The molecule has 9 heterocycles. The fourth-order valence-corrected chi connectivity index (χ4v) is 15.2. The zero-order valence-corrected chi connectivity index (χ0v) is 71.7. The standard InChI is InChI=1S/C14H22N2.C13H20N2.C10H22N2.2C9H20N2.2C8H18N2.C7H16N2.C6H14N2/c1-15-9-6-10-16(2)14(12-15)11-13-7-4-3-5-8-13;1-14-9-6-10-15(2)13(11-14)12-7-4-3-5-8-12;1-9(2)10-8-11(3)6-5-7-12(10)4;1-4-9-5-6-10(2)7-8-11(9)3;1-4-9-8-10(2)6-5-7-11(9)3;1-8-4-5-9(2)6-7-10(8)3;1-8-7-9(2)5-4-6-10(8)3;1-8-4-3-5-9(2)7-6-8;1-7-3-5-8(2)6-4-7/h3-5,7-8,14H,6,9-12H2,1-2H3;3-5,7-8,13H,6,9-11H2,1-2H3;9-10H,5-8H2,1-4H3;2*9H,4-8H2,1-3H3;2*8H,4-7H2,1-3H3;3-7H2,1-2H3;3-6H2,1-2H3. The van der Waals surface area contributed by atoms with E-state index < -0.39 is 0 Å². The van der Waals surface area contributed by atoms with Crippen LogP contribution in [-0.4, -0.2) is 441 Å². The van der Waals surface area contributed by atoms with Crippen molar-refractivity contribution in [3.63, 3.8) is 0 Å². The van der Waals surface area contributed by atoms with Gasteiger partial charge in [0.25, 0.3) is 0 Å². The third kappa shape index (κ3) is 41.3. The van der Waals surface area contributed by atoms with Crippen LogP contribution >= 0.6 is 0 Å². The molecule has 18 heteroatoms. The monoisotopic (exact) mass is 1430 g/mol. The predicted octanol–water partition coefficient (Wildman–Crippen LogP) is 8.60. The molecule has 18 nitrogen and oxygen atoms in total. The molecule has 9 saturated heterocycles. The van der Waals surface area contributed by atoms with Crippen LogP contribution in [0.25, 0.3) is 0 Å². The van der Waals surface area contributed by atoms with E-state index in [0.717, 1.165) is 42.7 Å². The van der Waals surface area contributed by atoms with E-state index >= 15 is 0 Å². The first-order valence-electron chi connectivity index (χ1n) is 41.1. The first kappa shape index (κ1) is 93.9. The van der Waals surface area contributed by atoms with Crippen molar-refractivity contribution in [2.45, 2.75) is 154 Å². The van der Waals surface area contributed by atoms with Gasteiger partial charge >= 0.3 is 0 Å². The molecule has 102 heavy (non-hydrogen) atoms. The summed E-state index contributed by atoms with van der Waals surface area (Å²) in [5.41, 5.74) is 2.89. The van der Waals surface area contributed by atoms with Crippen LogP contribution in [0.3, 0.4) is 0 Å². The summed E-state index contributed by atoms with van der Waals surface area (Å²) in [5, 5.41) is 0. The van der Waals surface area contributed by atoms with Crippen LogP contribution in [0.15, 0.2) is 60.7 Å². The van der Waals surface area contributed by atoms with Gasteiger partial charge in [-0.2, -0.15) is 0 Å². The molecule has 9 aliphatic heterocycles. The fraction of sp³-hybridized carbons (Fsp3) is 0.857. The van der Waals surface area contributed by atoms with Crippen molar-refractivity contribution < 1.29 is 0 Å². The highest BCUT2D eigenvalue weighted by atomic mass is 15.3. The summed E-state index contributed by atoms with van der Waals surface area (Å²) in [6, 6.07) is 26.7. The minimum Gasteiger partial charge on any atom is -0.305 e. The maximum atomic E-state index is 2.51. The molecular weight excluding hydrogens is 1260 g/mol. The van der Waals surface area contributed by atoms with E-state index in [1.165, 1.54) is 265 Å². The SMILES string of the molecule is CC(C)C1CN(C)CCCN1C.CC1CCN(C)CCN1C.CC1CN(C)CCCN1C.CCC1CCN(C)CCN1C.CCC1CN(C)CCCN1C.CN1CCCN(C)C(Cc2ccccc2)C1.CN1CCCN(C)C(c2ccccc2)C1.CN1CCCN(C)CC1.CN1CCN(C)CC1. The second-order valence-electron chi connectivity index (χ2n) is 33.6. The molecule has 0 amide bonds. The summed E-state index contributed by atoms with van der Waals surface area (Å²) in [5.74, 6) is 0.774. The van der Waals surface area contributed by atoms with Gasteiger partial charge in [0.2, 0.25) is 0 Å². The zero-order valence-electron chi connectivity index (χ0n) is 71.7. The molecule has 0 spiro atoms. The van der Waals surface area contributed by atoms with Gasteiger partial charge in [0.15, 0.2) is 0 Å². The lowest BCUT2D eigenvalue weighted by molar-refractivity contribution is 0.178. The normalized spacial score (nSPS) is 28.1. The van der Waals surface area contributed by atoms with Crippen molar-refractivity contribution in [3.05, 3.63) is 71.8 Å². The molecule has 596 valence electrons. The van der Waals surface area contributed by atoms with Gasteiger partial charge in [-0.05, 0) is 320 Å². The molecule has 7 unspecified atom stereocenters. The molecule has 0 saturated carbocycles. The van der Waals surface area contributed by atoms with Crippen molar-refractivity contribution in [2.75, 3.05) is 317 Å². The highest BCUT2D eigenvalue weighted by Crippen LogP contribution is 2.23. The highest BCUT2D eigenvalue weighted by Gasteiger charge is 2.26. The van der Waals surface area contributed by atoms with E-state index in [4.69, 9.17) is 0 Å². The Morgan fingerprint density at radius 2 is 0.618 bits per heavy atom. The predicted molar refractivity (Wildman–Crippen MR) is 447 cm³/mol. The molecule has 7 atom stereocenters. The average Bonchev–Trinajstić information content (AvgIpc) is 1.73. The molecular formula is C84H170N18. The quantitative estimate of drug-likeness (QED) is 0.277. The Morgan fingerprint density at radius 3 is 1.11 bits per heavy atom. The Balaban J connectivity index is 0.000000301. The second kappa shape index (κ2) is 54.3. The number of rotatable bonds is 6. The minimum absolute atomic E-state index is 0.554. The molecule has 9 aliphatic rings. The van der Waals surface area contributed by atoms with Crippen LogP contribution in [0, 0.1) is 5.92 Å². The number of hydrogen-bond acceptors (Lipinski definition) is 18. The number of benzene rings is 2. The van der Waals surface area contributed by atoms with Gasteiger partial charge in [0, 0.05) is 140 Å². The molecule has 11 rings (SSSR count). The van der Waals surface area contributed by atoms with Crippen molar-refractivity contribution >= 4 is 0 Å².